The van der Waals surface area contributed by atoms with Gasteiger partial charge in [0.2, 0.25) is 0 Å². The Bertz CT molecular complexity index is 689. The number of rotatable bonds is 6. The third kappa shape index (κ3) is 4.22. The number of ether oxygens (including phenoxy) is 1. The molecule has 0 aliphatic rings. The lowest BCUT2D eigenvalue weighted by molar-refractivity contribution is 0.297. The molecule has 0 saturated carbocycles. The van der Waals surface area contributed by atoms with Crippen molar-refractivity contribution in [2.75, 3.05) is 6.61 Å². The zero-order valence-electron chi connectivity index (χ0n) is 11.9. The molecule has 1 heterocycles. The third-order valence-electron chi connectivity index (χ3n) is 3.08. The van der Waals surface area contributed by atoms with E-state index in [2.05, 4.69) is 4.98 Å². The molecule has 0 aliphatic carbocycles. The van der Waals surface area contributed by atoms with Crippen molar-refractivity contribution in [2.24, 2.45) is 0 Å². The smallest absolute Gasteiger partial charge is 0.261 e. The molecule has 0 N–H and O–H groups in total. The molecule has 7 heteroatoms. The summed E-state index contributed by atoms with van der Waals surface area (Å²) in [5.41, 5.74) is 1.52. The number of aromatic nitrogens is 2. The number of hydrogen-bond acceptors (Lipinski definition) is 4. The second-order valence-electron chi connectivity index (χ2n) is 4.83. The Morgan fingerprint density at radius 3 is 2.48 bits per heavy atom. The summed E-state index contributed by atoms with van der Waals surface area (Å²) in [4.78, 5) is 4.07. The molecule has 114 valence electrons. The number of nitrogens with zero attached hydrogens (tertiary/aromatic N) is 2. The Morgan fingerprint density at radius 1 is 1.29 bits per heavy atom. The molecule has 1 aromatic carbocycles. The number of imidazole rings is 1. The summed E-state index contributed by atoms with van der Waals surface area (Å²) >= 11 is 0. The van der Waals surface area contributed by atoms with E-state index in [-0.39, 0.29) is 4.90 Å². The van der Waals surface area contributed by atoms with E-state index in [1.807, 2.05) is 24.6 Å². The van der Waals surface area contributed by atoms with Gasteiger partial charge in [-0.1, -0.05) is 0 Å². The molecule has 0 spiro atoms. The van der Waals surface area contributed by atoms with Crippen molar-refractivity contribution in [3.63, 3.8) is 0 Å². The molecule has 0 radical (unpaired) electrons. The van der Waals surface area contributed by atoms with Gasteiger partial charge >= 0.3 is 0 Å². The van der Waals surface area contributed by atoms with Gasteiger partial charge in [0.05, 0.1) is 17.8 Å². The third-order valence-corrected chi connectivity index (χ3v) is 4.41. The van der Waals surface area contributed by atoms with Crippen molar-refractivity contribution in [2.45, 2.75) is 31.7 Å². The van der Waals surface area contributed by atoms with Crippen LogP contribution >= 0.6 is 10.7 Å². The predicted octanol–water partition coefficient (Wildman–Crippen LogP) is 2.90. The Hall–Kier alpha value is -1.53. The minimum atomic E-state index is -3.71. The molecule has 21 heavy (non-hydrogen) atoms. The van der Waals surface area contributed by atoms with Crippen LogP contribution in [0.1, 0.15) is 17.5 Å². The fraction of sp³-hybridized carbons (Fsp3) is 0.357. The van der Waals surface area contributed by atoms with E-state index in [1.165, 1.54) is 12.1 Å². The van der Waals surface area contributed by atoms with Gasteiger partial charge in [-0.25, -0.2) is 13.4 Å². The molecular weight excluding hydrogens is 312 g/mol. The molecule has 2 aromatic rings. The van der Waals surface area contributed by atoms with Crippen LogP contribution in [0, 0.1) is 13.8 Å². The summed E-state index contributed by atoms with van der Waals surface area (Å²) in [7, 11) is 1.65. The summed E-state index contributed by atoms with van der Waals surface area (Å²) in [6.45, 7) is 4.99. The van der Waals surface area contributed by atoms with Crippen molar-refractivity contribution in [3.05, 3.63) is 42.0 Å². The van der Waals surface area contributed by atoms with Gasteiger partial charge in [0.15, 0.2) is 0 Å². The number of benzene rings is 1. The maximum Gasteiger partial charge on any atom is 0.261 e. The number of aryl methyl sites for hydroxylation is 3. The summed E-state index contributed by atoms with van der Waals surface area (Å²) in [5, 5.41) is 0. The SMILES string of the molecule is Cc1cc(S(=O)(=O)Cl)cc(C)c1OCCCn1ccnc1. The van der Waals surface area contributed by atoms with Crippen molar-refractivity contribution < 1.29 is 13.2 Å². The van der Waals surface area contributed by atoms with E-state index in [4.69, 9.17) is 15.4 Å². The van der Waals surface area contributed by atoms with Crippen molar-refractivity contribution in [3.8, 4) is 5.75 Å². The summed E-state index contributed by atoms with van der Waals surface area (Å²) < 4.78 is 30.5. The fourth-order valence-corrected chi connectivity index (χ4v) is 3.02. The van der Waals surface area contributed by atoms with Gasteiger partial charge in [0, 0.05) is 29.6 Å². The van der Waals surface area contributed by atoms with E-state index in [0.29, 0.717) is 12.4 Å². The number of halogens is 1. The van der Waals surface area contributed by atoms with Crippen LogP contribution in [-0.4, -0.2) is 24.6 Å². The van der Waals surface area contributed by atoms with Crippen molar-refractivity contribution >= 4 is 19.7 Å². The predicted molar refractivity (Wildman–Crippen MR) is 81.3 cm³/mol. The summed E-state index contributed by atoms with van der Waals surface area (Å²) in [6.07, 6.45) is 6.23. The Balaban J connectivity index is 2.00. The van der Waals surface area contributed by atoms with E-state index in [9.17, 15) is 8.42 Å². The largest absolute Gasteiger partial charge is 0.493 e. The van der Waals surface area contributed by atoms with Gasteiger partial charge in [-0.3, -0.25) is 0 Å². The van der Waals surface area contributed by atoms with E-state index in [0.717, 1.165) is 24.1 Å². The van der Waals surface area contributed by atoms with Crippen LogP contribution < -0.4 is 4.74 Å². The van der Waals surface area contributed by atoms with Crippen LogP contribution in [0.2, 0.25) is 0 Å². The lowest BCUT2D eigenvalue weighted by Gasteiger charge is -2.13. The molecule has 5 nitrogen and oxygen atoms in total. The summed E-state index contributed by atoms with van der Waals surface area (Å²) in [6, 6.07) is 3.06. The van der Waals surface area contributed by atoms with Crippen molar-refractivity contribution in [1.29, 1.82) is 0 Å². The lowest BCUT2D eigenvalue weighted by Crippen LogP contribution is -2.05. The Kier molecular flexibility index (Phi) is 4.90. The molecule has 0 amide bonds. The fourth-order valence-electron chi connectivity index (χ4n) is 2.12. The highest BCUT2D eigenvalue weighted by molar-refractivity contribution is 8.13. The molecule has 0 atom stereocenters. The van der Waals surface area contributed by atoms with Gasteiger partial charge in [-0.2, -0.15) is 0 Å². The first kappa shape index (κ1) is 15.9. The van der Waals surface area contributed by atoms with Gasteiger partial charge < -0.3 is 9.30 Å². The van der Waals surface area contributed by atoms with Gasteiger partial charge in [0.1, 0.15) is 5.75 Å². The molecule has 0 unspecified atom stereocenters. The maximum atomic E-state index is 11.4. The normalized spacial score (nSPS) is 11.6. The standard InChI is InChI=1S/C14H17ClN2O3S/c1-11-8-13(21(15,18)19)9-12(2)14(11)20-7-3-5-17-6-4-16-10-17/h4,6,8-10H,3,5,7H2,1-2H3. The Morgan fingerprint density at radius 2 is 1.95 bits per heavy atom. The maximum absolute atomic E-state index is 11.4. The highest BCUT2D eigenvalue weighted by atomic mass is 35.7. The van der Waals surface area contributed by atoms with Crippen LogP contribution in [0.4, 0.5) is 0 Å². The van der Waals surface area contributed by atoms with Gasteiger partial charge in [0.25, 0.3) is 9.05 Å². The first-order chi connectivity index (χ1) is 9.88. The van der Waals surface area contributed by atoms with Crippen LogP contribution in [0.5, 0.6) is 5.75 Å². The molecule has 1 aromatic heterocycles. The highest BCUT2D eigenvalue weighted by Crippen LogP contribution is 2.28. The molecule has 2 rings (SSSR count). The van der Waals surface area contributed by atoms with Crippen LogP contribution in [0.15, 0.2) is 35.7 Å². The lowest BCUT2D eigenvalue weighted by atomic mass is 10.1. The van der Waals surface area contributed by atoms with Crippen LogP contribution in [0.25, 0.3) is 0 Å². The minimum Gasteiger partial charge on any atom is -0.493 e. The average Bonchev–Trinajstić information content (AvgIpc) is 2.88. The second-order valence-corrected chi connectivity index (χ2v) is 7.39. The van der Waals surface area contributed by atoms with E-state index in [1.54, 1.807) is 12.5 Å². The van der Waals surface area contributed by atoms with E-state index >= 15 is 0 Å². The first-order valence-corrected chi connectivity index (χ1v) is 8.83. The first-order valence-electron chi connectivity index (χ1n) is 6.52. The van der Waals surface area contributed by atoms with E-state index < -0.39 is 9.05 Å². The van der Waals surface area contributed by atoms with Gasteiger partial charge in [-0.15, -0.1) is 0 Å². The molecular formula is C14H17ClN2O3S. The quantitative estimate of drug-likeness (QED) is 0.604. The average molecular weight is 329 g/mol. The van der Waals surface area contributed by atoms with Crippen LogP contribution in [0.3, 0.4) is 0 Å². The van der Waals surface area contributed by atoms with Crippen molar-refractivity contribution in [1.82, 2.24) is 9.55 Å². The van der Waals surface area contributed by atoms with Crippen LogP contribution in [-0.2, 0) is 15.6 Å². The molecule has 0 fully saturated rings. The summed E-state index contributed by atoms with van der Waals surface area (Å²) in [5.74, 6) is 0.713. The highest BCUT2D eigenvalue weighted by Gasteiger charge is 2.14. The topological polar surface area (TPSA) is 61.2 Å². The molecule has 0 saturated heterocycles. The molecule has 0 aliphatic heterocycles. The Labute approximate surface area is 128 Å². The zero-order valence-corrected chi connectivity index (χ0v) is 13.5. The minimum absolute atomic E-state index is 0.102. The monoisotopic (exact) mass is 328 g/mol. The number of hydrogen-bond donors (Lipinski definition) is 0. The van der Waals surface area contributed by atoms with Gasteiger partial charge in [-0.05, 0) is 43.5 Å². The zero-order chi connectivity index (χ0) is 15.5. The second kappa shape index (κ2) is 6.49. The molecule has 0 bridgehead atoms.